The number of halogens is 4. The van der Waals surface area contributed by atoms with E-state index in [0.717, 1.165) is 10.5 Å². The summed E-state index contributed by atoms with van der Waals surface area (Å²) in [6.07, 6.45) is -3.22. The van der Waals surface area contributed by atoms with Crippen LogP contribution in [0.3, 0.4) is 0 Å². The summed E-state index contributed by atoms with van der Waals surface area (Å²) in [7, 11) is 0. The Morgan fingerprint density at radius 3 is 2.79 bits per heavy atom. The number of nitriles is 1. The Balaban J connectivity index is 1.61. The summed E-state index contributed by atoms with van der Waals surface area (Å²) in [6, 6.07) is 9.21. The van der Waals surface area contributed by atoms with E-state index in [-0.39, 0.29) is 41.8 Å². The van der Waals surface area contributed by atoms with Crippen molar-refractivity contribution in [2.24, 2.45) is 0 Å². The Morgan fingerprint density at radius 2 is 2.07 bits per heavy atom. The second-order valence-corrected chi connectivity index (χ2v) is 6.31. The first kappa shape index (κ1) is 20.4. The summed E-state index contributed by atoms with van der Waals surface area (Å²) < 4.78 is 45.8. The van der Waals surface area contributed by atoms with Crippen molar-refractivity contribution < 1.29 is 22.7 Å². The van der Waals surface area contributed by atoms with Gasteiger partial charge in [0, 0.05) is 19.2 Å². The van der Waals surface area contributed by atoms with Gasteiger partial charge in [-0.2, -0.15) is 18.4 Å². The molecule has 11 heteroatoms. The number of hydrogen-bond acceptors (Lipinski definition) is 5. The van der Waals surface area contributed by atoms with Crippen LogP contribution in [-0.4, -0.2) is 33.7 Å². The van der Waals surface area contributed by atoms with Gasteiger partial charge >= 0.3 is 6.18 Å². The molecule has 2 aromatic heterocycles. The third-order valence-electron chi connectivity index (χ3n) is 3.88. The maximum atomic E-state index is 13.1. The van der Waals surface area contributed by atoms with E-state index in [0.29, 0.717) is 5.56 Å². The Kier molecular flexibility index (Phi) is 5.89. The number of nitrogens with one attached hydrogen (secondary N) is 1. The fourth-order valence-corrected chi connectivity index (χ4v) is 2.78. The number of aromatic nitrogens is 3. The number of para-hydroxylation sites is 1. The van der Waals surface area contributed by atoms with Crippen molar-refractivity contribution in [3.05, 3.63) is 58.5 Å². The van der Waals surface area contributed by atoms with Crippen LogP contribution in [0, 0.1) is 11.3 Å². The third-order valence-corrected chi connectivity index (χ3v) is 4.09. The number of benzene rings is 1. The Morgan fingerprint density at radius 1 is 1.31 bits per heavy atom. The Labute approximate surface area is 167 Å². The smallest absolute Gasteiger partial charge is 0.420 e. The van der Waals surface area contributed by atoms with Crippen LogP contribution >= 0.6 is 11.6 Å². The lowest BCUT2D eigenvalue weighted by molar-refractivity contribution is -0.136. The molecule has 3 rings (SSSR count). The Hall–Kier alpha value is -3.32. The second kappa shape index (κ2) is 8.36. The number of alkyl halides is 3. The molecule has 7 nitrogen and oxygen atoms in total. The molecule has 0 bridgehead atoms. The molecule has 29 heavy (non-hydrogen) atoms. The van der Waals surface area contributed by atoms with Gasteiger partial charge in [-0.1, -0.05) is 23.7 Å². The molecule has 1 aromatic carbocycles. The van der Waals surface area contributed by atoms with Gasteiger partial charge in [0.15, 0.2) is 12.3 Å². The van der Waals surface area contributed by atoms with Gasteiger partial charge in [0.05, 0.1) is 10.6 Å². The molecule has 0 aliphatic carbocycles. The molecule has 150 valence electrons. The minimum Gasteiger partial charge on any atom is -0.482 e. The molecular formula is C18H13ClF3N5O2. The van der Waals surface area contributed by atoms with Gasteiger partial charge in [0.25, 0.3) is 5.91 Å². The lowest BCUT2D eigenvalue weighted by atomic mass is 10.2. The van der Waals surface area contributed by atoms with Gasteiger partial charge in [-0.05, 0) is 18.2 Å². The molecule has 0 aliphatic rings. The molecule has 0 spiro atoms. The van der Waals surface area contributed by atoms with Crippen LogP contribution in [0.1, 0.15) is 17.0 Å². The largest absolute Gasteiger partial charge is 0.482 e. The van der Waals surface area contributed by atoms with Crippen molar-refractivity contribution in [2.45, 2.75) is 12.6 Å². The third kappa shape index (κ3) is 4.75. The van der Waals surface area contributed by atoms with Crippen LogP contribution in [0.25, 0.3) is 5.65 Å². The van der Waals surface area contributed by atoms with Crippen LogP contribution in [0.2, 0.25) is 5.02 Å². The first-order valence-electron chi connectivity index (χ1n) is 8.28. The van der Waals surface area contributed by atoms with E-state index in [2.05, 4.69) is 15.5 Å². The molecule has 3 aromatic rings. The van der Waals surface area contributed by atoms with Crippen LogP contribution in [0.4, 0.5) is 13.2 Å². The van der Waals surface area contributed by atoms with E-state index >= 15 is 0 Å². The van der Waals surface area contributed by atoms with Gasteiger partial charge in [0.1, 0.15) is 23.2 Å². The molecule has 1 N–H and O–H groups in total. The zero-order valence-corrected chi connectivity index (χ0v) is 15.5. The van der Waals surface area contributed by atoms with E-state index in [4.69, 9.17) is 21.6 Å². The number of fused-ring (bicyclic) bond motifs is 1. The van der Waals surface area contributed by atoms with Crippen molar-refractivity contribution in [1.29, 1.82) is 5.26 Å². The van der Waals surface area contributed by atoms with Gasteiger partial charge < -0.3 is 10.1 Å². The normalized spacial score (nSPS) is 11.3. The fraction of sp³-hybridized carbons (Fsp3) is 0.222. The number of amides is 1. The van der Waals surface area contributed by atoms with Gasteiger partial charge in [-0.3, -0.25) is 9.20 Å². The number of carbonyl (C=O) groups excluding carboxylic acids is 1. The van der Waals surface area contributed by atoms with Crippen molar-refractivity contribution in [3.63, 3.8) is 0 Å². The predicted molar refractivity (Wildman–Crippen MR) is 96.4 cm³/mol. The van der Waals surface area contributed by atoms with Crippen molar-refractivity contribution >= 4 is 23.2 Å². The SMILES string of the molecule is N#Cc1ccccc1OCC(=O)NCCc1nnc2c(C(F)(F)F)cc(Cl)cn12. The van der Waals surface area contributed by atoms with Crippen molar-refractivity contribution in [1.82, 2.24) is 19.9 Å². The quantitative estimate of drug-likeness (QED) is 0.658. The van der Waals surface area contributed by atoms with Crippen LogP contribution < -0.4 is 10.1 Å². The fourth-order valence-electron chi connectivity index (χ4n) is 2.58. The molecule has 0 aliphatic heterocycles. The van der Waals surface area contributed by atoms with E-state index < -0.39 is 17.6 Å². The highest BCUT2D eigenvalue weighted by molar-refractivity contribution is 6.30. The molecule has 0 radical (unpaired) electrons. The van der Waals surface area contributed by atoms with Crippen molar-refractivity contribution in [3.8, 4) is 11.8 Å². The average molecular weight is 424 g/mol. The second-order valence-electron chi connectivity index (χ2n) is 5.88. The number of nitrogens with zero attached hydrogens (tertiary/aromatic N) is 4. The molecule has 0 atom stereocenters. The van der Waals surface area contributed by atoms with E-state index in [1.54, 1.807) is 24.3 Å². The molecule has 0 saturated heterocycles. The number of rotatable bonds is 6. The van der Waals surface area contributed by atoms with Gasteiger partial charge in [-0.15, -0.1) is 10.2 Å². The van der Waals surface area contributed by atoms with E-state index in [1.165, 1.54) is 6.20 Å². The first-order chi connectivity index (χ1) is 13.8. The molecule has 2 heterocycles. The number of carbonyl (C=O) groups is 1. The molecular weight excluding hydrogens is 411 g/mol. The predicted octanol–water partition coefficient (Wildman–Crippen LogP) is 3.01. The first-order valence-corrected chi connectivity index (χ1v) is 8.66. The summed E-state index contributed by atoms with van der Waals surface area (Å²) >= 11 is 5.78. The average Bonchev–Trinajstić information content (AvgIpc) is 3.07. The van der Waals surface area contributed by atoms with E-state index in [1.807, 2.05) is 6.07 Å². The maximum Gasteiger partial charge on any atom is 0.420 e. The van der Waals surface area contributed by atoms with Crippen LogP contribution in [0.5, 0.6) is 5.75 Å². The summed E-state index contributed by atoms with van der Waals surface area (Å²) in [5.74, 6) is 0.0348. The molecule has 0 unspecified atom stereocenters. The van der Waals surface area contributed by atoms with Gasteiger partial charge in [0.2, 0.25) is 0 Å². The molecule has 0 saturated carbocycles. The standard InChI is InChI=1S/C18H13ClF3N5O2/c19-12-7-13(18(20,21)22)17-26-25-15(27(17)9-12)5-6-24-16(28)10-29-14-4-2-1-3-11(14)8-23/h1-4,7,9H,5-6,10H2,(H,24,28). The number of hydrogen-bond donors (Lipinski definition) is 1. The summed E-state index contributed by atoms with van der Waals surface area (Å²) in [5.41, 5.74) is -1.05. The lowest BCUT2D eigenvalue weighted by Gasteiger charge is -2.09. The monoisotopic (exact) mass is 423 g/mol. The minimum absolute atomic E-state index is 0.0940. The van der Waals surface area contributed by atoms with Crippen LogP contribution in [0.15, 0.2) is 36.5 Å². The summed E-state index contributed by atoms with van der Waals surface area (Å²) in [6.45, 7) is -0.222. The zero-order valence-electron chi connectivity index (χ0n) is 14.7. The highest BCUT2D eigenvalue weighted by Gasteiger charge is 2.35. The molecule has 0 fully saturated rings. The van der Waals surface area contributed by atoms with Crippen molar-refractivity contribution in [2.75, 3.05) is 13.2 Å². The van der Waals surface area contributed by atoms with Crippen LogP contribution in [-0.2, 0) is 17.4 Å². The van der Waals surface area contributed by atoms with Gasteiger partial charge in [-0.25, -0.2) is 0 Å². The zero-order chi connectivity index (χ0) is 21.0. The Bertz CT molecular complexity index is 1090. The summed E-state index contributed by atoms with van der Waals surface area (Å²) in [4.78, 5) is 11.9. The topological polar surface area (TPSA) is 92.3 Å². The highest BCUT2D eigenvalue weighted by atomic mass is 35.5. The number of pyridine rings is 1. The number of ether oxygens (including phenoxy) is 1. The summed E-state index contributed by atoms with van der Waals surface area (Å²) in [5, 5.41) is 18.8. The minimum atomic E-state index is -4.62. The lowest BCUT2D eigenvalue weighted by Crippen LogP contribution is -2.31. The molecule has 1 amide bonds. The van der Waals surface area contributed by atoms with E-state index in [9.17, 15) is 18.0 Å². The maximum absolute atomic E-state index is 13.1. The highest BCUT2D eigenvalue weighted by Crippen LogP contribution is 2.33.